The van der Waals surface area contributed by atoms with E-state index in [4.69, 9.17) is 4.52 Å². The zero-order valence-corrected chi connectivity index (χ0v) is 12.1. The lowest BCUT2D eigenvalue weighted by Gasteiger charge is -2.09. The Hall–Kier alpha value is -2.09. The van der Waals surface area contributed by atoms with Crippen LogP contribution in [0.25, 0.3) is 0 Å². The molecule has 0 saturated heterocycles. The highest BCUT2D eigenvalue weighted by Gasteiger charge is 2.23. The smallest absolute Gasteiger partial charge is 0.266 e. The first-order chi connectivity index (χ1) is 9.94. The highest BCUT2D eigenvalue weighted by Crippen LogP contribution is 2.27. The molecule has 0 spiro atoms. The minimum Gasteiger partial charge on any atom is -0.382 e. The van der Waals surface area contributed by atoms with E-state index in [0.717, 1.165) is 12.8 Å². The lowest BCUT2D eigenvalue weighted by atomic mass is 10.3. The van der Waals surface area contributed by atoms with Crippen LogP contribution >= 0.6 is 0 Å². The number of hydrogen-bond acceptors (Lipinski definition) is 5. The van der Waals surface area contributed by atoms with E-state index >= 15 is 0 Å². The predicted molar refractivity (Wildman–Crippen MR) is 75.1 cm³/mol. The molecule has 112 valence electrons. The average Bonchev–Trinajstić information content (AvgIpc) is 3.11. The van der Waals surface area contributed by atoms with Gasteiger partial charge >= 0.3 is 0 Å². The first-order valence-electron chi connectivity index (χ1n) is 6.46. The number of sulfonamides is 1. The minimum absolute atomic E-state index is 0.0204. The van der Waals surface area contributed by atoms with Crippen molar-refractivity contribution in [3.63, 3.8) is 0 Å². The monoisotopic (exact) mass is 311 g/mol. The lowest BCUT2D eigenvalue weighted by molar-refractivity contribution is 0.400. The fraction of sp³-hybridized carbons (Fsp3) is 0.308. The maximum absolute atomic E-state index is 14.0. The topological polar surface area (TPSA) is 84.2 Å². The van der Waals surface area contributed by atoms with Crippen molar-refractivity contribution in [3.05, 3.63) is 35.8 Å². The highest BCUT2D eigenvalue weighted by atomic mass is 32.2. The molecule has 2 N–H and O–H groups in total. The second-order valence-corrected chi connectivity index (χ2v) is 6.64. The van der Waals surface area contributed by atoms with E-state index in [-0.39, 0.29) is 5.82 Å². The molecule has 1 saturated carbocycles. The maximum Gasteiger partial charge on any atom is 0.266 e. The molecule has 0 unspecified atom stereocenters. The summed E-state index contributed by atoms with van der Waals surface area (Å²) in [6, 6.07) is 5.74. The second-order valence-electron chi connectivity index (χ2n) is 4.99. The quantitative estimate of drug-likeness (QED) is 0.886. The molecule has 8 heteroatoms. The summed E-state index contributed by atoms with van der Waals surface area (Å²) in [6.45, 7) is 1.63. The van der Waals surface area contributed by atoms with Crippen LogP contribution in [-0.4, -0.2) is 19.6 Å². The van der Waals surface area contributed by atoms with Crippen molar-refractivity contribution in [2.75, 3.05) is 10.0 Å². The number of anilines is 2. The Labute approximate surface area is 121 Å². The van der Waals surface area contributed by atoms with Gasteiger partial charge in [0, 0.05) is 17.8 Å². The number of nitrogens with one attached hydrogen (secondary N) is 2. The normalized spacial score (nSPS) is 15.0. The lowest BCUT2D eigenvalue weighted by Crippen LogP contribution is -2.15. The van der Waals surface area contributed by atoms with Gasteiger partial charge in [0.05, 0.1) is 0 Å². The Morgan fingerprint density at radius 2 is 2.10 bits per heavy atom. The van der Waals surface area contributed by atoms with Crippen molar-refractivity contribution >= 4 is 21.5 Å². The predicted octanol–water partition coefficient (Wildman–Crippen LogP) is 2.50. The number of aryl methyl sites for hydroxylation is 1. The van der Waals surface area contributed by atoms with E-state index in [1.54, 1.807) is 13.0 Å². The van der Waals surface area contributed by atoms with Crippen molar-refractivity contribution in [2.24, 2.45) is 0 Å². The summed E-state index contributed by atoms with van der Waals surface area (Å²) in [7, 11) is -4.04. The third kappa shape index (κ3) is 3.15. The number of hydrogen-bond donors (Lipinski definition) is 2. The van der Waals surface area contributed by atoms with Gasteiger partial charge in [0.15, 0.2) is 5.82 Å². The molecule has 1 aliphatic rings. The summed E-state index contributed by atoms with van der Waals surface area (Å²) in [5.41, 5.74) is 0.575. The average molecular weight is 311 g/mol. The molecule has 0 aliphatic heterocycles. The van der Waals surface area contributed by atoms with Crippen LogP contribution in [0.5, 0.6) is 0 Å². The first-order valence-corrected chi connectivity index (χ1v) is 7.94. The number of rotatable bonds is 5. The Morgan fingerprint density at radius 1 is 1.33 bits per heavy atom. The van der Waals surface area contributed by atoms with Gasteiger partial charge in [0.25, 0.3) is 10.0 Å². The van der Waals surface area contributed by atoms with Crippen LogP contribution in [0.4, 0.5) is 15.9 Å². The molecule has 21 heavy (non-hydrogen) atoms. The SMILES string of the molecule is Cc1cc(NS(=O)(=O)c2ccc(NC3CC3)cc2F)no1. The summed E-state index contributed by atoms with van der Waals surface area (Å²) < 4.78 is 45.2. The van der Waals surface area contributed by atoms with Crippen molar-refractivity contribution in [1.82, 2.24) is 5.16 Å². The van der Waals surface area contributed by atoms with E-state index in [9.17, 15) is 12.8 Å². The Morgan fingerprint density at radius 3 is 2.67 bits per heavy atom. The molecule has 1 fully saturated rings. The van der Waals surface area contributed by atoms with Crippen LogP contribution in [0.15, 0.2) is 33.7 Å². The fourth-order valence-corrected chi connectivity index (χ4v) is 2.92. The Balaban J connectivity index is 1.83. The number of halogens is 1. The standard InChI is InChI=1S/C13H14FN3O3S/c1-8-6-13(16-20-8)17-21(18,19)12-5-4-10(7-11(12)14)15-9-2-3-9/h4-7,9,15H,2-3H2,1H3,(H,16,17). The van der Waals surface area contributed by atoms with Gasteiger partial charge in [0.1, 0.15) is 16.5 Å². The zero-order chi connectivity index (χ0) is 15.0. The van der Waals surface area contributed by atoms with E-state index in [1.807, 2.05) is 0 Å². The fourth-order valence-electron chi connectivity index (χ4n) is 1.88. The first kappa shape index (κ1) is 13.9. The molecule has 0 radical (unpaired) electrons. The third-order valence-corrected chi connectivity index (χ3v) is 4.42. The molecule has 3 rings (SSSR count). The molecular weight excluding hydrogens is 297 g/mol. The summed E-state index contributed by atoms with van der Waals surface area (Å²) >= 11 is 0. The molecule has 6 nitrogen and oxygen atoms in total. The zero-order valence-electron chi connectivity index (χ0n) is 11.3. The molecule has 1 aliphatic carbocycles. The summed E-state index contributed by atoms with van der Waals surface area (Å²) in [5, 5.41) is 6.63. The third-order valence-electron chi connectivity index (χ3n) is 3.04. The van der Waals surface area contributed by atoms with Crippen LogP contribution in [0.2, 0.25) is 0 Å². The summed E-state index contributed by atoms with van der Waals surface area (Å²) in [6.07, 6.45) is 2.10. The van der Waals surface area contributed by atoms with Gasteiger partial charge in [-0.25, -0.2) is 12.8 Å². The highest BCUT2D eigenvalue weighted by molar-refractivity contribution is 7.92. The molecule has 1 heterocycles. The Bertz CT molecular complexity index is 769. The minimum atomic E-state index is -4.04. The number of nitrogens with zero attached hydrogens (tertiary/aromatic N) is 1. The van der Waals surface area contributed by atoms with Crippen LogP contribution in [0.3, 0.4) is 0 Å². The molecule has 2 aromatic rings. The molecule has 0 amide bonds. The van der Waals surface area contributed by atoms with Crippen molar-refractivity contribution in [3.8, 4) is 0 Å². The Kier molecular flexibility index (Phi) is 3.32. The molecule has 1 aromatic heterocycles. The van der Waals surface area contributed by atoms with Crippen LogP contribution < -0.4 is 10.0 Å². The molecule has 1 aromatic carbocycles. The van der Waals surface area contributed by atoms with Crippen LogP contribution in [0, 0.1) is 12.7 Å². The van der Waals surface area contributed by atoms with Crippen molar-refractivity contribution < 1.29 is 17.3 Å². The molecule has 0 bridgehead atoms. The largest absolute Gasteiger partial charge is 0.382 e. The van der Waals surface area contributed by atoms with E-state index < -0.39 is 20.7 Å². The van der Waals surface area contributed by atoms with Crippen LogP contribution in [0.1, 0.15) is 18.6 Å². The van der Waals surface area contributed by atoms with Gasteiger partial charge in [-0.05, 0) is 38.0 Å². The van der Waals surface area contributed by atoms with Gasteiger partial charge in [-0.1, -0.05) is 5.16 Å². The summed E-state index contributed by atoms with van der Waals surface area (Å²) in [5.74, 6) is -0.336. The van der Waals surface area contributed by atoms with Gasteiger partial charge < -0.3 is 9.84 Å². The molecular formula is C13H14FN3O3S. The maximum atomic E-state index is 14.0. The number of aromatic nitrogens is 1. The van der Waals surface area contributed by atoms with Gasteiger partial charge in [-0.2, -0.15) is 0 Å². The molecule has 0 atom stereocenters. The number of benzene rings is 1. The van der Waals surface area contributed by atoms with E-state index in [0.29, 0.717) is 17.5 Å². The van der Waals surface area contributed by atoms with Crippen LogP contribution in [-0.2, 0) is 10.0 Å². The van der Waals surface area contributed by atoms with Gasteiger partial charge in [0.2, 0.25) is 0 Å². The summed E-state index contributed by atoms with van der Waals surface area (Å²) in [4.78, 5) is -0.426. The second kappa shape index (κ2) is 5.03. The van der Waals surface area contributed by atoms with Crippen molar-refractivity contribution in [2.45, 2.75) is 30.7 Å². The van der Waals surface area contributed by atoms with E-state index in [2.05, 4.69) is 15.2 Å². The van der Waals surface area contributed by atoms with Crippen molar-refractivity contribution in [1.29, 1.82) is 0 Å². The van der Waals surface area contributed by atoms with Gasteiger partial charge in [-0.15, -0.1) is 0 Å². The van der Waals surface area contributed by atoms with E-state index in [1.165, 1.54) is 18.2 Å². The van der Waals surface area contributed by atoms with Gasteiger partial charge in [-0.3, -0.25) is 4.72 Å².